The van der Waals surface area contributed by atoms with Crippen molar-refractivity contribution in [3.8, 4) is 11.4 Å². The number of halogens is 3. The van der Waals surface area contributed by atoms with Gasteiger partial charge in [-0.05, 0) is 54.2 Å². The van der Waals surface area contributed by atoms with Crippen LogP contribution in [0.25, 0.3) is 17.0 Å². The van der Waals surface area contributed by atoms with Crippen molar-refractivity contribution in [2.75, 3.05) is 0 Å². The van der Waals surface area contributed by atoms with Gasteiger partial charge in [0.15, 0.2) is 17.3 Å². The molecule has 0 bridgehead atoms. The van der Waals surface area contributed by atoms with Gasteiger partial charge in [-0.25, -0.2) is 23.1 Å². The van der Waals surface area contributed by atoms with Crippen LogP contribution in [0.5, 0.6) is 0 Å². The molecule has 0 radical (unpaired) electrons. The first kappa shape index (κ1) is 26.3. The number of benzene rings is 2. The Labute approximate surface area is 234 Å². The summed E-state index contributed by atoms with van der Waals surface area (Å²) >= 11 is 5.80. The summed E-state index contributed by atoms with van der Waals surface area (Å²) in [6.07, 6.45) is 2.16. The molecular formula is C27H20ClF2N7O4. The highest BCUT2D eigenvalue weighted by atomic mass is 35.5. The summed E-state index contributed by atoms with van der Waals surface area (Å²) in [7, 11) is 0. The third-order valence-corrected chi connectivity index (χ3v) is 7.31. The van der Waals surface area contributed by atoms with E-state index in [1.54, 1.807) is 6.07 Å². The lowest BCUT2D eigenvalue weighted by molar-refractivity contribution is 0.0929. The van der Waals surface area contributed by atoms with Gasteiger partial charge in [0.1, 0.15) is 17.2 Å². The van der Waals surface area contributed by atoms with Crippen LogP contribution in [0.15, 0.2) is 51.9 Å². The van der Waals surface area contributed by atoms with Crippen LogP contribution in [-0.2, 0) is 13.0 Å². The summed E-state index contributed by atoms with van der Waals surface area (Å²) in [5, 5.41) is 13.2. The lowest BCUT2D eigenvalue weighted by atomic mass is 9.97. The van der Waals surface area contributed by atoms with E-state index >= 15 is 0 Å². The molecule has 0 unspecified atom stereocenters. The van der Waals surface area contributed by atoms with Crippen molar-refractivity contribution in [3.63, 3.8) is 0 Å². The van der Waals surface area contributed by atoms with Crippen LogP contribution in [0.3, 0.4) is 0 Å². The quantitative estimate of drug-likeness (QED) is 0.278. The van der Waals surface area contributed by atoms with Gasteiger partial charge < -0.3 is 10.6 Å². The monoisotopic (exact) mass is 579 g/mol. The van der Waals surface area contributed by atoms with E-state index in [1.807, 2.05) is 13.0 Å². The lowest BCUT2D eigenvalue weighted by Crippen LogP contribution is -2.30. The van der Waals surface area contributed by atoms with Crippen molar-refractivity contribution < 1.29 is 22.9 Å². The molecule has 0 aliphatic heterocycles. The minimum Gasteiger partial charge on any atom is -0.347 e. The first-order valence-electron chi connectivity index (χ1n) is 12.5. The van der Waals surface area contributed by atoms with Crippen LogP contribution < -0.4 is 16.4 Å². The highest BCUT2D eigenvalue weighted by molar-refractivity contribution is 6.30. The van der Waals surface area contributed by atoms with Crippen LogP contribution in [-0.4, -0.2) is 36.6 Å². The fourth-order valence-electron chi connectivity index (χ4n) is 5.00. The van der Waals surface area contributed by atoms with Crippen molar-refractivity contribution in [2.45, 2.75) is 32.4 Å². The first-order chi connectivity index (χ1) is 19.7. The van der Waals surface area contributed by atoms with Gasteiger partial charge in [0.25, 0.3) is 11.8 Å². The zero-order valence-corrected chi connectivity index (χ0v) is 22.1. The molecule has 3 heterocycles. The van der Waals surface area contributed by atoms with Crippen LogP contribution in [0.2, 0.25) is 5.02 Å². The van der Waals surface area contributed by atoms with Crippen LogP contribution in [0, 0.1) is 18.6 Å². The van der Waals surface area contributed by atoms with Crippen molar-refractivity contribution in [2.24, 2.45) is 0 Å². The molecule has 0 spiro atoms. The van der Waals surface area contributed by atoms with E-state index in [9.17, 15) is 23.2 Å². The van der Waals surface area contributed by atoms with Gasteiger partial charge in [0.2, 0.25) is 0 Å². The highest BCUT2D eigenvalue weighted by Crippen LogP contribution is 2.37. The zero-order valence-electron chi connectivity index (χ0n) is 21.3. The van der Waals surface area contributed by atoms with Crippen LogP contribution in [0.1, 0.15) is 55.7 Å². The number of carbonyl (C=O) groups excluding carboxylic acids is 2. The van der Waals surface area contributed by atoms with E-state index in [2.05, 4.69) is 35.4 Å². The highest BCUT2D eigenvalue weighted by Gasteiger charge is 2.29. The molecule has 2 amide bonds. The van der Waals surface area contributed by atoms with E-state index in [1.165, 1.54) is 24.3 Å². The molecular weight excluding hydrogens is 560 g/mol. The predicted molar refractivity (Wildman–Crippen MR) is 141 cm³/mol. The second-order valence-corrected chi connectivity index (χ2v) is 9.91. The maximum atomic E-state index is 14.5. The number of nitrogens with zero attached hydrogens (tertiary/aromatic N) is 4. The minimum absolute atomic E-state index is 0.00259. The zero-order chi connectivity index (χ0) is 28.8. The largest absolute Gasteiger partial charge is 0.439 e. The molecule has 0 saturated carbocycles. The molecule has 1 aliphatic rings. The average molecular weight is 580 g/mol. The molecule has 6 rings (SSSR count). The topological polar surface area (TPSA) is 147 Å². The fraction of sp³-hybridized carbons (Fsp3) is 0.185. The number of nitrogens with one attached hydrogen (secondary N) is 3. The predicted octanol–water partition coefficient (Wildman–Crippen LogP) is 3.66. The smallest absolute Gasteiger partial charge is 0.347 e. The maximum Gasteiger partial charge on any atom is 0.439 e. The molecule has 11 nitrogen and oxygen atoms in total. The number of hydrogen-bond acceptors (Lipinski definition) is 7. The second-order valence-electron chi connectivity index (χ2n) is 9.50. The molecule has 0 saturated heterocycles. The standard InChI is InChI=1S/C27H20ClF2N7O4/c1-12-14-5-7-20(16(14)4-3-15(12)23-35-27(40)41-36-23)34-26(39)22-9-21(33-24-19(30)11-32-37(22)24)25(38)31-10-13-2-6-18(29)17(28)8-13/h2-4,6,8-9,11,20H,5,7,10H2,1H3,(H,31,38)(H,34,39)(H,35,36,40)/t20-/m0/s1. The van der Waals surface area contributed by atoms with E-state index in [4.69, 9.17) is 11.6 Å². The van der Waals surface area contributed by atoms with Gasteiger partial charge in [0, 0.05) is 18.2 Å². The normalized spacial score (nSPS) is 14.3. The number of aromatic nitrogens is 5. The van der Waals surface area contributed by atoms with Crippen molar-refractivity contribution >= 4 is 29.1 Å². The summed E-state index contributed by atoms with van der Waals surface area (Å²) in [5.41, 5.74) is 3.45. The number of carbonyl (C=O) groups is 2. The Morgan fingerprint density at radius 1 is 1.17 bits per heavy atom. The third kappa shape index (κ3) is 4.84. The van der Waals surface area contributed by atoms with E-state index in [0.29, 0.717) is 29.8 Å². The Kier molecular flexibility index (Phi) is 6.58. The Bertz CT molecular complexity index is 1920. The van der Waals surface area contributed by atoms with Gasteiger partial charge in [-0.3, -0.25) is 19.1 Å². The van der Waals surface area contributed by atoms with E-state index < -0.39 is 29.2 Å². The Morgan fingerprint density at radius 3 is 2.76 bits per heavy atom. The number of rotatable bonds is 6. The number of aromatic amines is 1. The SMILES string of the molecule is Cc1c(-c2noc(=O)[nH]2)ccc2c1CC[C@@H]2NC(=O)c1cc(C(=O)NCc2ccc(F)c(Cl)c2)nc2c(F)cnn12. The maximum absolute atomic E-state index is 14.5. The number of amides is 2. The molecule has 1 aliphatic carbocycles. The Balaban J connectivity index is 1.25. The third-order valence-electron chi connectivity index (χ3n) is 7.02. The van der Waals surface area contributed by atoms with Crippen molar-refractivity contribution in [1.82, 2.24) is 35.4 Å². The lowest BCUT2D eigenvalue weighted by Gasteiger charge is -2.16. The van der Waals surface area contributed by atoms with Crippen molar-refractivity contribution in [3.05, 3.63) is 103 Å². The first-order valence-corrected chi connectivity index (χ1v) is 12.8. The number of H-pyrrole nitrogens is 1. The van der Waals surface area contributed by atoms with Crippen LogP contribution >= 0.6 is 11.6 Å². The summed E-state index contributed by atoms with van der Waals surface area (Å²) in [6, 6.07) is 8.51. The summed E-state index contributed by atoms with van der Waals surface area (Å²) in [4.78, 5) is 44.4. The molecule has 0 fully saturated rings. The van der Waals surface area contributed by atoms with E-state index in [0.717, 1.165) is 27.4 Å². The van der Waals surface area contributed by atoms with Gasteiger partial charge in [-0.2, -0.15) is 5.10 Å². The van der Waals surface area contributed by atoms with Crippen LogP contribution in [0.4, 0.5) is 8.78 Å². The summed E-state index contributed by atoms with van der Waals surface area (Å²) in [5.74, 6) is -3.00. The molecule has 1 atom stereocenters. The van der Waals surface area contributed by atoms with Gasteiger partial charge in [0.05, 0.1) is 17.3 Å². The number of fused-ring (bicyclic) bond motifs is 2. The summed E-state index contributed by atoms with van der Waals surface area (Å²) in [6.45, 7) is 1.90. The minimum atomic E-state index is -0.806. The molecule has 14 heteroatoms. The van der Waals surface area contributed by atoms with Gasteiger partial charge >= 0.3 is 5.76 Å². The fourth-order valence-corrected chi connectivity index (χ4v) is 5.20. The molecule has 2 aromatic carbocycles. The Morgan fingerprint density at radius 2 is 2.00 bits per heavy atom. The average Bonchev–Trinajstić information content (AvgIpc) is 3.68. The van der Waals surface area contributed by atoms with Crippen molar-refractivity contribution in [1.29, 1.82) is 0 Å². The summed E-state index contributed by atoms with van der Waals surface area (Å²) < 4.78 is 33.6. The van der Waals surface area contributed by atoms with Gasteiger partial charge in [-0.1, -0.05) is 35.0 Å². The van der Waals surface area contributed by atoms with Gasteiger partial charge in [-0.15, -0.1) is 0 Å². The van der Waals surface area contributed by atoms with E-state index in [-0.39, 0.29) is 34.6 Å². The number of hydrogen-bond donors (Lipinski definition) is 3. The molecule has 208 valence electrons. The molecule has 5 aromatic rings. The molecule has 41 heavy (non-hydrogen) atoms. The molecule has 3 N–H and O–H groups in total. The second kappa shape index (κ2) is 10.2. The Hall–Kier alpha value is -4.91. The molecule has 3 aromatic heterocycles.